The molecule has 0 aromatic heterocycles. The summed E-state index contributed by atoms with van der Waals surface area (Å²) in [6.45, 7) is 5.36. The zero-order valence-electron chi connectivity index (χ0n) is 8.38. The molecule has 0 bridgehead atoms. The van der Waals surface area contributed by atoms with E-state index in [4.69, 9.17) is 4.74 Å². The van der Waals surface area contributed by atoms with Gasteiger partial charge in [0.15, 0.2) is 0 Å². The van der Waals surface area contributed by atoms with Crippen molar-refractivity contribution < 1.29 is 14.3 Å². The lowest BCUT2D eigenvalue weighted by atomic mass is 10.2. The van der Waals surface area contributed by atoms with Gasteiger partial charge in [-0.1, -0.05) is 5.92 Å². The highest BCUT2D eigenvalue weighted by Gasteiger charge is 2.05. The van der Waals surface area contributed by atoms with E-state index in [1.807, 2.05) is 6.92 Å². The normalized spacial score (nSPS) is 12.5. The Labute approximate surface area is 78.7 Å². The molecule has 0 N–H and O–H groups in total. The Morgan fingerprint density at radius 1 is 1.54 bits per heavy atom. The Bertz CT molecular complexity index is 255. The van der Waals surface area contributed by atoms with E-state index in [9.17, 15) is 4.79 Å². The van der Waals surface area contributed by atoms with Crippen LogP contribution in [0.1, 0.15) is 20.8 Å². The highest BCUT2D eigenvalue weighted by Crippen LogP contribution is 2.00. The van der Waals surface area contributed by atoms with Crippen LogP contribution < -0.4 is 0 Å². The zero-order chi connectivity index (χ0) is 10.3. The van der Waals surface area contributed by atoms with Crippen LogP contribution in [0.25, 0.3) is 0 Å². The van der Waals surface area contributed by atoms with Gasteiger partial charge in [-0.3, -0.25) is 0 Å². The van der Waals surface area contributed by atoms with E-state index in [2.05, 4.69) is 16.6 Å². The monoisotopic (exact) mass is 182 g/mol. The van der Waals surface area contributed by atoms with Crippen LogP contribution in [-0.2, 0) is 9.47 Å². The minimum atomic E-state index is -0.680. The summed E-state index contributed by atoms with van der Waals surface area (Å²) in [5, 5.41) is 0. The standard InChI is InChI=1S/C10H14O3/c1-5-6-8(2)7-9(3)13-10(11)12-4/h7,9H,1-4H3/b8-7+. The number of carbonyl (C=O) groups excluding carboxylic acids is 1. The summed E-state index contributed by atoms with van der Waals surface area (Å²) < 4.78 is 9.15. The average molecular weight is 182 g/mol. The molecule has 0 radical (unpaired) electrons. The minimum absolute atomic E-state index is 0.312. The van der Waals surface area contributed by atoms with Crippen molar-refractivity contribution in [1.82, 2.24) is 0 Å². The first kappa shape index (κ1) is 11.6. The van der Waals surface area contributed by atoms with E-state index in [0.29, 0.717) is 0 Å². The summed E-state index contributed by atoms with van der Waals surface area (Å²) in [5.41, 5.74) is 0.874. The molecule has 0 amide bonds. The molecule has 3 heteroatoms. The number of carbonyl (C=O) groups is 1. The topological polar surface area (TPSA) is 35.5 Å². The largest absolute Gasteiger partial charge is 0.508 e. The van der Waals surface area contributed by atoms with Crippen LogP contribution in [0.3, 0.4) is 0 Å². The highest BCUT2D eigenvalue weighted by atomic mass is 16.7. The molecule has 0 heterocycles. The lowest BCUT2D eigenvalue weighted by molar-refractivity contribution is 0.0577. The Balaban J connectivity index is 4.10. The summed E-state index contributed by atoms with van der Waals surface area (Å²) >= 11 is 0. The minimum Gasteiger partial charge on any atom is -0.438 e. The lowest BCUT2D eigenvalue weighted by Gasteiger charge is -2.07. The van der Waals surface area contributed by atoms with Crippen LogP contribution in [0.5, 0.6) is 0 Å². The molecule has 3 nitrogen and oxygen atoms in total. The van der Waals surface area contributed by atoms with Gasteiger partial charge in [0, 0.05) is 0 Å². The van der Waals surface area contributed by atoms with Gasteiger partial charge >= 0.3 is 6.16 Å². The molecule has 0 aliphatic carbocycles. The fraction of sp³-hybridized carbons (Fsp3) is 0.500. The molecule has 1 atom stereocenters. The molecule has 0 aromatic rings. The van der Waals surface area contributed by atoms with Crippen molar-refractivity contribution in [3.05, 3.63) is 11.6 Å². The number of methoxy groups -OCH3 is 1. The number of hydrogen-bond acceptors (Lipinski definition) is 3. The number of rotatable bonds is 2. The van der Waals surface area contributed by atoms with Gasteiger partial charge in [-0.15, -0.1) is 5.92 Å². The van der Waals surface area contributed by atoms with Crippen molar-refractivity contribution in [3.8, 4) is 11.8 Å². The fourth-order valence-corrected chi connectivity index (χ4v) is 0.825. The third-order valence-electron chi connectivity index (χ3n) is 1.26. The Hall–Kier alpha value is -1.43. The second-order valence-corrected chi connectivity index (χ2v) is 2.50. The van der Waals surface area contributed by atoms with Crippen molar-refractivity contribution in [2.24, 2.45) is 0 Å². The smallest absolute Gasteiger partial charge is 0.438 e. The lowest BCUT2D eigenvalue weighted by Crippen LogP contribution is -2.12. The Morgan fingerprint density at radius 2 is 2.15 bits per heavy atom. The second-order valence-electron chi connectivity index (χ2n) is 2.50. The van der Waals surface area contributed by atoms with Gasteiger partial charge in [0.25, 0.3) is 0 Å². The molecule has 0 aliphatic heterocycles. The van der Waals surface area contributed by atoms with Gasteiger partial charge in [-0.2, -0.15) is 0 Å². The summed E-state index contributed by atoms with van der Waals surface area (Å²) in [6, 6.07) is 0. The van der Waals surface area contributed by atoms with Crippen LogP contribution in [0.2, 0.25) is 0 Å². The van der Waals surface area contributed by atoms with E-state index in [1.54, 1.807) is 19.9 Å². The van der Waals surface area contributed by atoms with E-state index < -0.39 is 6.16 Å². The van der Waals surface area contributed by atoms with Crippen LogP contribution in [0.15, 0.2) is 11.6 Å². The molecule has 0 spiro atoms. The molecular formula is C10H14O3. The first-order valence-electron chi connectivity index (χ1n) is 3.96. The fourth-order valence-electron chi connectivity index (χ4n) is 0.825. The zero-order valence-corrected chi connectivity index (χ0v) is 8.38. The first-order valence-corrected chi connectivity index (χ1v) is 3.96. The maximum Gasteiger partial charge on any atom is 0.508 e. The molecule has 0 fully saturated rings. The molecule has 1 unspecified atom stereocenters. The molecule has 72 valence electrons. The van der Waals surface area contributed by atoms with Crippen LogP contribution in [-0.4, -0.2) is 19.4 Å². The third-order valence-corrected chi connectivity index (χ3v) is 1.26. The highest BCUT2D eigenvalue weighted by molar-refractivity contribution is 5.60. The van der Waals surface area contributed by atoms with Crippen LogP contribution in [0.4, 0.5) is 4.79 Å². The van der Waals surface area contributed by atoms with Crippen LogP contribution in [0, 0.1) is 11.8 Å². The van der Waals surface area contributed by atoms with E-state index >= 15 is 0 Å². The Morgan fingerprint density at radius 3 is 2.62 bits per heavy atom. The van der Waals surface area contributed by atoms with Crippen LogP contribution >= 0.6 is 0 Å². The van der Waals surface area contributed by atoms with E-state index in [0.717, 1.165) is 5.57 Å². The number of ether oxygens (including phenoxy) is 2. The molecule has 0 rings (SSSR count). The molecular weight excluding hydrogens is 168 g/mol. The third kappa shape index (κ3) is 5.80. The van der Waals surface area contributed by atoms with Crippen molar-refractivity contribution >= 4 is 6.16 Å². The van der Waals surface area contributed by atoms with Gasteiger partial charge in [0.1, 0.15) is 6.10 Å². The molecule has 0 saturated carbocycles. The maximum absolute atomic E-state index is 10.7. The van der Waals surface area contributed by atoms with Crippen molar-refractivity contribution in [2.75, 3.05) is 7.11 Å². The van der Waals surface area contributed by atoms with E-state index in [1.165, 1.54) is 7.11 Å². The average Bonchev–Trinajstić information content (AvgIpc) is 2.04. The predicted octanol–water partition coefficient (Wildman–Crippen LogP) is 2.13. The summed E-state index contributed by atoms with van der Waals surface area (Å²) in [4.78, 5) is 10.7. The van der Waals surface area contributed by atoms with Gasteiger partial charge in [-0.25, -0.2) is 4.79 Å². The molecule has 13 heavy (non-hydrogen) atoms. The van der Waals surface area contributed by atoms with Gasteiger partial charge < -0.3 is 9.47 Å². The SMILES string of the molecule is CC#C/C(C)=C/C(C)OC(=O)OC. The van der Waals surface area contributed by atoms with Crippen molar-refractivity contribution in [2.45, 2.75) is 26.9 Å². The predicted molar refractivity (Wildman–Crippen MR) is 50.2 cm³/mol. The summed E-state index contributed by atoms with van der Waals surface area (Å²) in [6.07, 6.45) is 0.766. The van der Waals surface area contributed by atoms with E-state index in [-0.39, 0.29) is 6.10 Å². The molecule has 0 aliphatic rings. The first-order chi connectivity index (χ1) is 6.10. The van der Waals surface area contributed by atoms with Gasteiger partial charge in [0.05, 0.1) is 7.11 Å². The van der Waals surface area contributed by atoms with Gasteiger partial charge in [0.2, 0.25) is 0 Å². The Kier molecular flexibility index (Phi) is 5.45. The summed E-state index contributed by atoms with van der Waals surface area (Å²) in [7, 11) is 1.28. The van der Waals surface area contributed by atoms with Gasteiger partial charge in [-0.05, 0) is 32.4 Å². The molecule has 0 saturated heterocycles. The second kappa shape index (κ2) is 6.13. The summed E-state index contributed by atoms with van der Waals surface area (Å²) in [5.74, 6) is 5.60. The number of allylic oxidation sites excluding steroid dienone is 1. The molecule has 0 aromatic carbocycles. The maximum atomic E-state index is 10.7. The number of hydrogen-bond donors (Lipinski definition) is 0. The van der Waals surface area contributed by atoms with Crippen molar-refractivity contribution in [1.29, 1.82) is 0 Å². The quantitative estimate of drug-likeness (QED) is 0.484. The van der Waals surface area contributed by atoms with Crippen molar-refractivity contribution in [3.63, 3.8) is 0 Å².